The van der Waals surface area contributed by atoms with Crippen LogP contribution >= 0.6 is 0 Å². The van der Waals surface area contributed by atoms with Gasteiger partial charge in [0.25, 0.3) is 0 Å². The molecule has 1 aromatic rings. The summed E-state index contributed by atoms with van der Waals surface area (Å²) >= 11 is 0. The summed E-state index contributed by atoms with van der Waals surface area (Å²) in [4.78, 5) is 11.6. The average molecular weight is 381 g/mol. The lowest BCUT2D eigenvalue weighted by atomic mass is 9.93. The zero-order chi connectivity index (χ0) is 20.3. The number of nitrogens with zero attached hydrogens (tertiary/aromatic N) is 3. The van der Waals surface area contributed by atoms with Gasteiger partial charge < -0.3 is 4.74 Å². The van der Waals surface area contributed by atoms with Crippen LogP contribution in [0.5, 0.6) is 0 Å². The first-order valence-electron chi connectivity index (χ1n) is 7.70. The second-order valence-electron chi connectivity index (χ2n) is 6.07. The molecule has 0 fully saturated rings. The normalized spacial score (nSPS) is 14.8. The summed E-state index contributed by atoms with van der Waals surface area (Å²) in [6.07, 6.45) is -5.69. The predicted octanol–water partition coefficient (Wildman–Crippen LogP) is 4.84. The van der Waals surface area contributed by atoms with Crippen LogP contribution in [0.15, 0.2) is 28.5 Å². The van der Waals surface area contributed by atoms with Gasteiger partial charge in [0.15, 0.2) is 0 Å². The molecule has 0 aliphatic rings. The van der Waals surface area contributed by atoms with Crippen molar-refractivity contribution >= 4 is 11.7 Å². The fraction of sp³-hybridized carbons (Fsp3) is 0.562. The second-order valence-corrected chi connectivity index (χ2v) is 6.07. The Balaban J connectivity index is 3.58. The number of rotatable bonds is 6. The Hall–Kier alpha value is -2.26. The van der Waals surface area contributed by atoms with E-state index in [0.717, 1.165) is 12.1 Å². The molecule has 0 saturated heterocycles. The van der Waals surface area contributed by atoms with E-state index in [4.69, 9.17) is 0 Å². The van der Waals surface area contributed by atoms with Gasteiger partial charge in [-0.25, -0.2) is 13.6 Å². The quantitative estimate of drug-likeness (QED) is 0.307. The fourth-order valence-corrected chi connectivity index (χ4v) is 2.29. The van der Waals surface area contributed by atoms with Crippen molar-refractivity contribution in [3.8, 4) is 0 Å². The molecule has 0 heterocycles. The topological polar surface area (TPSA) is 54.3 Å². The number of carbonyl (C=O) groups excluding carboxylic acids is 1. The Labute approximate surface area is 147 Å². The second kappa shape index (κ2) is 7.96. The maximum absolute atomic E-state index is 14.8. The summed E-state index contributed by atoms with van der Waals surface area (Å²) < 4.78 is 72.2. The van der Waals surface area contributed by atoms with Crippen molar-refractivity contribution in [3.63, 3.8) is 0 Å². The Kier molecular flexibility index (Phi) is 6.67. The Morgan fingerprint density at radius 2 is 1.65 bits per heavy atom. The van der Waals surface area contributed by atoms with E-state index < -0.39 is 34.9 Å². The molecule has 0 bridgehead atoms. The van der Waals surface area contributed by atoms with Crippen LogP contribution in [0.1, 0.15) is 33.3 Å². The first-order valence-corrected chi connectivity index (χ1v) is 7.70. The summed E-state index contributed by atoms with van der Waals surface area (Å²) in [5.41, 5.74) is -6.55. The number of alkyl halides is 4. The Bertz CT molecular complexity index is 668. The van der Waals surface area contributed by atoms with Gasteiger partial charge in [0.2, 0.25) is 0 Å². The smallest absolute Gasteiger partial charge is 0.438 e. The molecule has 1 aromatic carbocycles. The molecular weight excluding hydrogens is 361 g/mol. The number of carbonyl (C=O) groups is 1. The van der Waals surface area contributed by atoms with Crippen molar-refractivity contribution in [2.45, 2.75) is 51.6 Å². The maximum atomic E-state index is 14.8. The molecule has 26 heavy (non-hydrogen) atoms. The first kappa shape index (κ1) is 21.8. The van der Waals surface area contributed by atoms with E-state index in [2.05, 4.69) is 15.1 Å². The highest BCUT2D eigenvalue weighted by atomic mass is 19.4. The number of esters is 1. The number of hydrogen-bond donors (Lipinski definition) is 0. The minimum absolute atomic E-state index is 0.152. The number of hydrogen-bond acceptors (Lipinski definition) is 4. The Morgan fingerprint density at radius 3 is 2.08 bits per heavy atom. The predicted molar refractivity (Wildman–Crippen MR) is 83.9 cm³/mol. The highest BCUT2D eigenvalue weighted by Crippen LogP contribution is 2.47. The number of halogens is 5. The third-order valence-electron chi connectivity index (χ3n) is 3.50. The lowest BCUT2D eigenvalue weighted by molar-refractivity contribution is -0.242. The van der Waals surface area contributed by atoms with Crippen LogP contribution in [0.4, 0.5) is 27.6 Å². The summed E-state index contributed by atoms with van der Waals surface area (Å²) in [5, 5.41) is 8.89. The van der Waals surface area contributed by atoms with Crippen molar-refractivity contribution in [3.05, 3.63) is 29.6 Å². The molecule has 0 radical (unpaired) electrons. The van der Waals surface area contributed by atoms with E-state index in [-0.39, 0.29) is 18.2 Å². The van der Waals surface area contributed by atoms with E-state index in [9.17, 15) is 26.7 Å². The van der Waals surface area contributed by atoms with Crippen LogP contribution in [-0.4, -0.2) is 36.3 Å². The lowest BCUT2D eigenvalue weighted by Gasteiger charge is -2.27. The highest BCUT2D eigenvalue weighted by Gasteiger charge is 2.65. The van der Waals surface area contributed by atoms with Crippen molar-refractivity contribution in [1.82, 2.24) is 5.01 Å². The maximum Gasteiger partial charge on any atom is 0.438 e. The third-order valence-corrected chi connectivity index (χ3v) is 3.50. The average Bonchev–Trinajstić information content (AvgIpc) is 2.52. The molecule has 0 aliphatic carbocycles. The van der Waals surface area contributed by atoms with Crippen LogP contribution in [-0.2, 0) is 15.2 Å². The van der Waals surface area contributed by atoms with E-state index in [1.165, 1.54) is 5.01 Å². The minimum Gasteiger partial charge on any atom is -0.466 e. The molecule has 5 nitrogen and oxygen atoms in total. The molecule has 0 N–H and O–H groups in total. The first-order chi connectivity index (χ1) is 11.9. The number of benzene rings is 1. The number of ether oxygens (including phenoxy) is 1. The molecule has 0 amide bonds. The van der Waals surface area contributed by atoms with Crippen molar-refractivity contribution in [1.29, 1.82) is 0 Å². The highest BCUT2D eigenvalue weighted by molar-refractivity contribution is 5.84. The van der Waals surface area contributed by atoms with Crippen LogP contribution in [0.2, 0.25) is 0 Å². The van der Waals surface area contributed by atoms with E-state index in [1.54, 1.807) is 27.7 Å². The molecule has 146 valence electrons. The SMILES string of the molecule is COC(=O)C(F)(c1cc(F)ccc1N=NN(C(C)C)C(C)C)C(F)(F)F. The van der Waals surface area contributed by atoms with Gasteiger partial charge in [-0.1, -0.05) is 5.22 Å². The van der Waals surface area contributed by atoms with E-state index >= 15 is 0 Å². The molecule has 0 spiro atoms. The zero-order valence-corrected chi connectivity index (χ0v) is 14.9. The van der Waals surface area contributed by atoms with Gasteiger partial charge >= 0.3 is 17.8 Å². The van der Waals surface area contributed by atoms with Crippen LogP contribution in [0.25, 0.3) is 0 Å². The van der Waals surface area contributed by atoms with E-state index in [0.29, 0.717) is 7.11 Å². The summed E-state index contributed by atoms with van der Waals surface area (Å²) in [6, 6.07) is 1.56. The minimum atomic E-state index is -5.69. The molecule has 10 heteroatoms. The van der Waals surface area contributed by atoms with Gasteiger partial charge in [0, 0.05) is 17.6 Å². The third kappa shape index (κ3) is 4.28. The van der Waals surface area contributed by atoms with Crippen molar-refractivity contribution < 1.29 is 31.5 Å². The van der Waals surface area contributed by atoms with Crippen LogP contribution < -0.4 is 0 Å². The van der Waals surface area contributed by atoms with Gasteiger partial charge in [0.05, 0.1) is 12.8 Å². The van der Waals surface area contributed by atoms with Crippen molar-refractivity contribution in [2.75, 3.05) is 7.11 Å². The Morgan fingerprint density at radius 1 is 1.12 bits per heavy atom. The lowest BCUT2D eigenvalue weighted by Crippen LogP contribution is -2.46. The van der Waals surface area contributed by atoms with Gasteiger partial charge in [0.1, 0.15) is 5.82 Å². The van der Waals surface area contributed by atoms with Gasteiger partial charge in [-0.05, 0) is 45.9 Å². The van der Waals surface area contributed by atoms with Gasteiger partial charge in [-0.2, -0.15) is 13.2 Å². The van der Waals surface area contributed by atoms with Crippen LogP contribution in [0, 0.1) is 5.82 Å². The monoisotopic (exact) mass is 381 g/mol. The van der Waals surface area contributed by atoms with Gasteiger partial charge in [-0.15, -0.1) is 5.11 Å². The summed E-state index contributed by atoms with van der Waals surface area (Å²) in [5.74, 6) is -3.39. The largest absolute Gasteiger partial charge is 0.466 e. The van der Waals surface area contributed by atoms with Crippen molar-refractivity contribution in [2.24, 2.45) is 10.3 Å². The molecule has 1 unspecified atom stereocenters. The summed E-state index contributed by atoms with van der Waals surface area (Å²) in [6.45, 7) is 7.09. The molecule has 0 aliphatic heterocycles. The molecular formula is C16H20F5N3O2. The molecule has 0 aromatic heterocycles. The molecule has 1 rings (SSSR count). The van der Waals surface area contributed by atoms with E-state index in [1.807, 2.05) is 0 Å². The zero-order valence-electron chi connectivity index (χ0n) is 14.9. The fourth-order valence-electron chi connectivity index (χ4n) is 2.29. The summed E-state index contributed by atoms with van der Waals surface area (Å²) in [7, 11) is 0.599. The standard InChI is InChI=1S/C16H20F5N3O2/c1-9(2)24(10(3)4)23-22-13-7-6-11(17)8-12(13)15(18,14(25)26-5)16(19,20)21/h6-10H,1-5H3. The van der Waals surface area contributed by atoms with Crippen LogP contribution in [0.3, 0.4) is 0 Å². The molecule has 1 atom stereocenters. The molecule has 0 saturated carbocycles. The van der Waals surface area contributed by atoms with Gasteiger partial charge in [-0.3, -0.25) is 5.01 Å². The number of methoxy groups -OCH3 is 1.